The number of anilines is 2. The van der Waals surface area contributed by atoms with E-state index in [4.69, 9.17) is 0 Å². The third-order valence-electron chi connectivity index (χ3n) is 3.27. The van der Waals surface area contributed by atoms with Crippen LogP contribution in [-0.2, 0) is 13.1 Å². The summed E-state index contributed by atoms with van der Waals surface area (Å²) >= 11 is 0. The monoisotopic (exact) mass is 243 g/mol. The second kappa shape index (κ2) is 4.68. The SMILES string of the molecule is CCn1ncnc1CN1CCNc2ccccc21. The second-order valence-electron chi connectivity index (χ2n) is 4.36. The lowest BCUT2D eigenvalue weighted by Crippen LogP contribution is -2.34. The summed E-state index contributed by atoms with van der Waals surface area (Å²) in [5.74, 6) is 1.02. The summed E-state index contributed by atoms with van der Waals surface area (Å²) in [6.07, 6.45) is 1.63. The minimum absolute atomic E-state index is 0.812. The Balaban J connectivity index is 1.86. The number of rotatable bonds is 3. The van der Waals surface area contributed by atoms with Crippen LogP contribution in [0.1, 0.15) is 12.7 Å². The van der Waals surface area contributed by atoms with E-state index in [2.05, 4.69) is 51.5 Å². The van der Waals surface area contributed by atoms with Gasteiger partial charge in [0.15, 0.2) is 0 Å². The van der Waals surface area contributed by atoms with Gasteiger partial charge in [-0.2, -0.15) is 5.10 Å². The molecular weight excluding hydrogens is 226 g/mol. The highest BCUT2D eigenvalue weighted by Crippen LogP contribution is 2.29. The molecule has 2 heterocycles. The van der Waals surface area contributed by atoms with Crippen molar-refractivity contribution >= 4 is 11.4 Å². The lowest BCUT2D eigenvalue weighted by Gasteiger charge is -2.31. The predicted octanol–water partition coefficient (Wildman–Crippen LogP) is 1.73. The van der Waals surface area contributed by atoms with Crippen molar-refractivity contribution in [1.82, 2.24) is 14.8 Å². The van der Waals surface area contributed by atoms with Gasteiger partial charge in [-0.1, -0.05) is 12.1 Å². The van der Waals surface area contributed by atoms with Crippen LogP contribution in [0.15, 0.2) is 30.6 Å². The largest absolute Gasteiger partial charge is 0.382 e. The maximum absolute atomic E-state index is 4.34. The first-order valence-electron chi connectivity index (χ1n) is 6.33. The fraction of sp³-hybridized carbons (Fsp3) is 0.385. The first-order chi connectivity index (χ1) is 8.88. The highest BCUT2D eigenvalue weighted by Gasteiger charge is 2.17. The van der Waals surface area contributed by atoms with Crippen LogP contribution in [-0.4, -0.2) is 27.9 Å². The van der Waals surface area contributed by atoms with Gasteiger partial charge in [0.1, 0.15) is 12.2 Å². The number of fused-ring (bicyclic) bond motifs is 1. The van der Waals surface area contributed by atoms with E-state index >= 15 is 0 Å². The molecule has 5 heteroatoms. The molecule has 5 nitrogen and oxygen atoms in total. The topological polar surface area (TPSA) is 46.0 Å². The highest BCUT2D eigenvalue weighted by atomic mass is 15.3. The van der Waals surface area contributed by atoms with E-state index in [1.54, 1.807) is 6.33 Å². The van der Waals surface area contributed by atoms with Crippen molar-refractivity contribution in [1.29, 1.82) is 0 Å². The Bertz CT molecular complexity index is 534. The lowest BCUT2D eigenvalue weighted by atomic mass is 10.2. The molecule has 1 aromatic heterocycles. The third-order valence-corrected chi connectivity index (χ3v) is 3.27. The van der Waals surface area contributed by atoms with E-state index in [1.165, 1.54) is 11.4 Å². The summed E-state index contributed by atoms with van der Waals surface area (Å²) in [6.45, 7) is 5.73. The molecule has 18 heavy (non-hydrogen) atoms. The molecule has 0 amide bonds. The molecule has 0 unspecified atom stereocenters. The number of aromatic nitrogens is 3. The fourth-order valence-electron chi connectivity index (χ4n) is 2.35. The van der Waals surface area contributed by atoms with Gasteiger partial charge in [0.05, 0.1) is 17.9 Å². The number of aryl methyl sites for hydroxylation is 1. The van der Waals surface area contributed by atoms with Crippen LogP contribution in [0.5, 0.6) is 0 Å². The number of hydrogen-bond acceptors (Lipinski definition) is 4. The lowest BCUT2D eigenvalue weighted by molar-refractivity contribution is 0.601. The second-order valence-corrected chi connectivity index (χ2v) is 4.36. The number of hydrogen-bond donors (Lipinski definition) is 1. The molecule has 1 aliphatic rings. The van der Waals surface area contributed by atoms with Crippen LogP contribution in [0.25, 0.3) is 0 Å². The molecule has 94 valence electrons. The number of nitrogens with zero attached hydrogens (tertiary/aromatic N) is 4. The first-order valence-corrected chi connectivity index (χ1v) is 6.33. The van der Waals surface area contributed by atoms with Crippen molar-refractivity contribution in [2.75, 3.05) is 23.3 Å². The zero-order valence-electron chi connectivity index (χ0n) is 10.5. The summed E-state index contributed by atoms with van der Waals surface area (Å²) in [6, 6.07) is 8.40. The van der Waals surface area contributed by atoms with Crippen LogP contribution in [0.3, 0.4) is 0 Å². The Morgan fingerprint density at radius 3 is 3.11 bits per heavy atom. The summed E-state index contributed by atoms with van der Waals surface area (Å²) in [5, 5.41) is 7.64. The molecule has 0 fully saturated rings. The van der Waals surface area contributed by atoms with E-state index in [0.717, 1.165) is 32.0 Å². The summed E-state index contributed by atoms with van der Waals surface area (Å²) in [5.41, 5.74) is 2.45. The van der Waals surface area contributed by atoms with Crippen LogP contribution in [0.2, 0.25) is 0 Å². The van der Waals surface area contributed by atoms with Crippen molar-refractivity contribution in [2.45, 2.75) is 20.0 Å². The van der Waals surface area contributed by atoms with Crippen molar-refractivity contribution in [3.63, 3.8) is 0 Å². The van der Waals surface area contributed by atoms with Gasteiger partial charge in [0, 0.05) is 19.6 Å². The molecule has 0 atom stereocenters. The van der Waals surface area contributed by atoms with E-state index in [-0.39, 0.29) is 0 Å². The molecule has 0 bridgehead atoms. The molecule has 1 N–H and O–H groups in total. The number of para-hydroxylation sites is 2. The first kappa shape index (κ1) is 11.1. The summed E-state index contributed by atoms with van der Waals surface area (Å²) < 4.78 is 1.95. The van der Waals surface area contributed by atoms with Gasteiger partial charge < -0.3 is 10.2 Å². The van der Waals surface area contributed by atoms with E-state index in [9.17, 15) is 0 Å². The van der Waals surface area contributed by atoms with Crippen molar-refractivity contribution < 1.29 is 0 Å². The number of nitrogens with one attached hydrogen (secondary N) is 1. The highest BCUT2D eigenvalue weighted by molar-refractivity contribution is 5.71. The molecule has 1 aliphatic heterocycles. The fourth-order valence-corrected chi connectivity index (χ4v) is 2.35. The van der Waals surface area contributed by atoms with Gasteiger partial charge in [-0.05, 0) is 19.1 Å². The minimum atomic E-state index is 0.812. The molecule has 0 spiro atoms. The summed E-state index contributed by atoms with van der Waals surface area (Å²) in [4.78, 5) is 6.69. The molecule has 2 aromatic rings. The van der Waals surface area contributed by atoms with Gasteiger partial charge in [0.25, 0.3) is 0 Å². The standard InChI is InChI=1S/C13H17N5/c1-2-18-13(15-10-16-18)9-17-8-7-14-11-5-3-4-6-12(11)17/h3-6,10,14H,2,7-9H2,1H3. The number of benzene rings is 1. The van der Waals surface area contributed by atoms with Crippen molar-refractivity contribution in [3.8, 4) is 0 Å². The average molecular weight is 243 g/mol. The van der Waals surface area contributed by atoms with Crippen LogP contribution in [0.4, 0.5) is 11.4 Å². The van der Waals surface area contributed by atoms with Gasteiger partial charge in [0.2, 0.25) is 0 Å². The normalized spacial score (nSPS) is 14.2. The Kier molecular flexibility index (Phi) is 2.88. The Labute approximate surface area is 106 Å². The van der Waals surface area contributed by atoms with E-state index in [0.29, 0.717) is 0 Å². The van der Waals surface area contributed by atoms with Crippen LogP contribution >= 0.6 is 0 Å². The molecular formula is C13H17N5. The zero-order chi connectivity index (χ0) is 12.4. The van der Waals surface area contributed by atoms with Gasteiger partial charge in [-0.15, -0.1) is 0 Å². The smallest absolute Gasteiger partial charge is 0.146 e. The van der Waals surface area contributed by atoms with Crippen molar-refractivity contribution in [2.24, 2.45) is 0 Å². The zero-order valence-corrected chi connectivity index (χ0v) is 10.5. The Morgan fingerprint density at radius 2 is 2.22 bits per heavy atom. The maximum atomic E-state index is 4.34. The molecule has 0 radical (unpaired) electrons. The summed E-state index contributed by atoms with van der Waals surface area (Å²) in [7, 11) is 0. The molecule has 3 rings (SSSR count). The average Bonchev–Trinajstić information content (AvgIpc) is 2.86. The van der Waals surface area contributed by atoms with Gasteiger partial charge in [-0.25, -0.2) is 9.67 Å². The Hall–Kier alpha value is -2.04. The molecule has 0 aliphatic carbocycles. The molecule has 1 aromatic carbocycles. The molecule has 0 saturated heterocycles. The maximum Gasteiger partial charge on any atom is 0.146 e. The van der Waals surface area contributed by atoms with Crippen LogP contribution < -0.4 is 10.2 Å². The quantitative estimate of drug-likeness (QED) is 0.891. The van der Waals surface area contributed by atoms with E-state index in [1.807, 2.05) is 4.68 Å². The minimum Gasteiger partial charge on any atom is -0.382 e. The Morgan fingerprint density at radius 1 is 1.33 bits per heavy atom. The van der Waals surface area contributed by atoms with Gasteiger partial charge in [-0.3, -0.25) is 0 Å². The van der Waals surface area contributed by atoms with Crippen molar-refractivity contribution in [3.05, 3.63) is 36.4 Å². The van der Waals surface area contributed by atoms with E-state index < -0.39 is 0 Å². The predicted molar refractivity (Wildman–Crippen MR) is 71.7 cm³/mol. The van der Waals surface area contributed by atoms with Crippen LogP contribution in [0, 0.1) is 0 Å². The third kappa shape index (κ3) is 1.92. The molecule has 0 saturated carbocycles. The van der Waals surface area contributed by atoms with Gasteiger partial charge >= 0.3 is 0 Å².